The number of nitrogens with one attached hydrogen (secondary N) is 1. The number of hydrogen-bond acceptors (Lipinski definition) is 3. The smallest absolute Gasteiger partial charge is 0.184 e. The SMILES string of the molecule is CNCC(C)C(=O)c1ccnn1C. The Morgan fingerprint density at radius 2 is 2.46 bits per heavy atom. The summed E-state index contributed by atoms with van der Waals surface area (Å²) in [6.45, 7) is 2.61. The van der Waals surface area contributed by atoms with E-state index in [2.05, 4.69) is 10.4 Å². The van der Waals surface area contributed by atoms with Gasteiger partial charge in [-0.3, -0.25) is 9.48 Å². The molecule has 0 radical (unpaired) electrons. The molecule has 0 aliphatic rings. The molecule has 1 atom stereocenters. The second-order valence-corrected chi connectivity index (χ2v) is 3.16. The normalized spacial score (nSPS) is 12.8. The van der Waals surface area contributed by atoms with E-state index in [1.54, 1.807) is 24.0 Å². The topological polar surface area (TPSA) is 46.9 Å². The molecule has 4 heteroatoms. The standard InChI is InChI=1S/C9H15N3O/c1-7(6-10-2)9(13)8-4-5-11-12(8)3/h4-5,7,10H,6H2,1-3H3. The molecule has 0 fully saturated rings. The molecule has 13 heavy (non-hydrogen) atoms. The van der Waals surface area contributed by atoms with Crippen LogP contribution in [0.1, 0.15) is 17.4 Å². The Kier molecular flexibility index (Phi) is 3.19. The molecule has 0 aromatic carbocycles. The fourth-order valence-electron chi connectivity index (χ4n) is 1.27. The highest BCUT2D eigenvalue weighted by atomic mass is 16.1. The van der Waals surface area contributed by atoms with Crippen molar-refractivity contribution in [2.45, 2.75) is 6.92 Å². The lowest BCUT2D eigenvalue weighted by Crippen LogP contribution is -2.25. The van der Waals surface area contributed by atoms with Gasteiger partial charge >= 0.3 is 0 Å². The Balaban J connectivity index is 2.73. The van der Waals surface area contributed by atoms with Crippen molar-refractivity contribution in [3.63, 3.8) is 0 Å². The molecule has 0 bridgehead atoms. The van der Waals surface area contributed by atoms with Crippen LogP contribution in [0.4, 0.5) is 0 Å². The Bertz CT molecular complexity index is 293. The first-order valence-electron chi connectivity index (χ1n) is 4.33. The van der Waals surface area contributed by atoms with Crippen LogP contribution in [-0.2, 0) is 7.05 Å². The highest BCUT2D eigenvalue weighted by molar-refractivity contribution is 5.96. The van der Waals surface area contributed by atoms with Crippen LogP contribution >= 0.6 is 0 Å². The van der Waals surface area contributed by atoms with Gasteiger partial charge in [-0.05, 0) is 13.1 Å². The molecule has 72 valence electrons. The molecule has 0 amide bonds. The summed E-state index contributed by atoms with van der Waals surface area (Å²) < 4.78 is 1.61. The lowest BCUT2D eigenvalue weighted by atomic mass is 10.0. The molecule has 1 aromatic heterocycles. The van der Waals surface area contributed by atoms with Crippen molar-refractivity contribution in [1.82, 2.24) is 15.1 Å². The molecule has 1 unspecified atom stereocenters. The first-order valence-corrected chi connectivity index (χ1v) is 4.33. The summed E-state index contributed by atoms with van der Waals surface area (Å²) in [5, 5.41) is 6.93. The first-order chi connectivity index (χ1) is 6.16. The van der Waals surface area contributed by atoms with Crippen molar-refractivity contribution < 1.29 is 4.79 Å². The van der Waals surface area contributed by atoms with Crippen molar-refractivity contribution >= 4 is 5.78 Å². The van der Waals surface area contributed by atoms with Crippen LogP contribution in [0.3, 0.4) is 0 Å². The largest absolute Gasteiger partial charge is 0.319 e. The van der Waals surface area contributed by atoms with Gasteiger partial charge in [-0.25, -0.2) is 0 Å². The zero-order valence-electron chi connectivity index (χ0n) is 8.24. The fraction of sp³-hybridized carbons (Fsp3) is 0.556. The van der Waals surface area contributed by atoms with Crippen LogP contribution in [0.25, 0.3) is 0 Å². The van der Waals surface area contributed by atoms with E-state index in [-0.39, 0.29) is 11.7 Å². The Hall–Kier alpha value is -1.16. The van der Waals surface area contributed by atoms with E-state index in [0.717, 1.165) is 0 Å². The van der Waals surface area contributed by atoms with Crippen LogP contribution < -0.4 is 5.32 Å². The molecule has 4 nitrogen and oxygen atoms in total. The number of Topliss-reactive ketones (excluding diaryl/α,β-unsaturated/α-hetero) is 1. The fourth-order valence-corrected chi connectivity index (χ4v) is 1.27. The molecule has 1 N–H and O–H groups in total. The number of nitrogens with zero attached hydrogens (tertiary/aromatic N) is 2. The average Bonchev–Trinajstić information content (AvgIpc) is 2.50. The quantitative estimate of drug-likeness (QED) is 0.686. The van der Waals surface area contributed by atoms with Crippen molar-refractivity contribution in [2.75, 3.05) is 13.6 Å². The maximum absolute atomic E-state index is 11.7. The first kappa shape index (κ1) is 9.92. The molecular weight excluding hydrogens is 166 g/mol. The summed E-state index contributed by atoms with van der Waals surface area (Å²) >= 11 is 0. The second-order valence-electron chi connectivity index (χ2n) is 3.16. The number of aromatic nitrogens is 2. The number of aryl methyl sites for hydroxylation is 1. The van der Waals surface area contributed by atoms with Gasteiger partial charge in [0.25, 0.3) is 0 Å². The van der Waals surface area contributed by atoms with Crippen LogP contribution in [0.5, 0.6) is 0 Å². The minimum atomic E-state index is 0.000370. The number of hydrogen-bond donors (Lipinski definition) is 1. The summed E-state index contributed by atoms with van der Waals surface area (Å²) in [4.78, 5) is 11.7. The predicted octanol–water partition coefficient (Wildman–Crippen LogP) is 0.458. The molecule has 1 heterocycles. The van der Waals surface area contributed by atoms with Gasteiger partial charge in [-0.2, -0.15) is 5.10 Å². The number of carbonyl (C=O) groups is 1. The third kappa shape index (κ3) is 2.15. The van der Waals surface area contributed by atoms with Gasteiger partial charge in [-0.1, -0.05) is 6.92 Å². The lowest BCUT2D eigenvalue weighted by Gasteiger charge is -2.08. The molecule has 0 saturated heterocycles. The number of rotatable bonds is 4. The van der Waals surface area contributed by atoms with Gasteiger partial charge in [0.05, 0.1) is 0 Å². The van der Waals surface area contributed by atoms with E-state index in [1.165, 1.54) is 0 Å². The van der Waals surface area contributed by atoms with Gasteiger partial charge in [0, 0.05) is 25.7 Å². The van der Waals surface area contributed by atoms with E-state index >= 15 is 0 Å². The summed E-state index contributed by atoms with van der Waals surface area (Å²) in [6, 6.07) is 1.74. The number of carbonyl (C=O) groups excluding carboxylic acids is 1. The van der Waals surface area contributed by atoms with Gasteiger partial charge in [-0.15, -0.1) is 0 Å². The molecular formula is C9H15N3O. The maximum atomic E-state index is 11.7. The Labute approximate surface area is 77.9 Å². The molecule has 0 saturated carbocycles. The summed E-state index contributed by atoms with van der Waals surface area (Å²) in [6.07, 6.45) is 1.64. The second kappa shape index (κ2) is 4.18. The molecule has 1 rings (SSSR count). The van der Waals surface area contributed by atoms with Crippen LogP contribution in [0.2, 0.25) is 0 Å². The van der Waals surface area contributed by atoms with E-state index in [4.69, 9.17) is 0 Å². The van der Waals surface area contributed by atoms with Crippen molar-refractivity contribution in [3.8, 4) is 0 Å². The van der Waals surface area contributed by atoms with E-state index in [1.807, 2.05) is 14.0 Å². The molecule has 0 aliphatic carbocycles. The maximum Gasteiger partial charge on any atom is 0.184 e. The van der Waals surface area contributed by atoms with E-state index < -0.39 is 0 Å². The Morgan fingerprint density at radius 1 is 1.77 bits per heavy atom. The van der Waals surface area contributed by atoms with Crippen molar-refractivity contribution in [2.24, 2.45) is 13.0 Å². The summed E-state index contributed by atoms with van der Waals surface area (Å²) in [7, 11) is 3.62. The van der Waals surface area contributed by atoms with Gasteiger partial charge in [0.1, 0.15) is 5.69 Å². The predicted molar refractivity (Wildman–Crippen MR) is 50.6 cm³/mol. The van der Waals surface area contributed by atoms with Gasteiger partial charge < -0.3 is 5.32 Å². The molecule has 1 aromatic rings. The van der Waals surface area contributed by atoms with Crippen LogP contribution in [0, 0.1) is 5.92 Å². The lowest BCUT2D eigenvalue weighted by molar-refractivity contribution is 0.0920. The third-order valence-electron chi connectivity index (χ3n) is 2.03. The highest BCUT2D eigenvalue weighted by Gasteiger charge is 2.16. The van der Waals surface area contributed by atoms with Crippen LogP contribution in [0.15, 0.2) is 12.3 Å². The van der Waals surface area contributed by atoms with Gasteiger partial charge in [0.15, 0.2) is 5.78 Å². The monoisotopic (exact) mass is 181 g/mol. The minimum Gasteiger partial charge on any atom is -0.319 e. The Morgan fingerprint density at radius 3 is 2.92 bits per heavy atom. The van der Waals surface area contributed by atoms with Gasteiger partial charge in [0.2, 0.25) is 0 Å². The highest BCUT2D eigenvalue weighted by Crippen LogP contribution is 2.06. The number of ketones is 1. The van der Waals surface area contributed by atoms with E-state index in [0.29, 0.717) is 12.2 Å². The zero-order valence-corrected chi connectivity index (χ0v) is 8.24. The van der Waals surface area contributed by atoms with E-state index in [9.17, 15) is 4.79 Å². The van der Waals surface area contributed by atoms with Crippen molar-refractivity contribution in [1.29, 1.82) is 0 Å². The van der Waals surface area contributed by atoms with Crippen molar-refractivity contribution in [3.05, 3.63) is 18.0 Å². The zero-order chi connectivity index (χ0) is 9.84. The van der Waals surface area contributed by atoms with Crippen LogP contribution in [-0.4, -0.2) is 29.2 Å². The third-order valence-corrected chi connectivity index (χ3v) is 2.03. The average molecular weight is 181 g/mol. The minimum absolute atomic E-state index is 0.000370. The summed E-state index contributed by atoms with van der Waals surface area (Å²) in [5.41, 5.74) is 0.669. The molecule has 0 aliphatic heterocycles. The summed E-state index contributed by atoms with van der Waals surface area (Å²) in [5.74, 6) is 0.134. The molecule has 0 spiro atoms.